The second-order valence-corrected chi connectivity index (χ2v) is 5.96. The number of H-pyrrole nitrogens is 1. The van der Waals surface area contributed by atoms with E-state index in [2.05, 4.69) is 15.2 Å². The van der Waals surface area contributed by atoms with Crippen LogP contribution in [0.4, 0.5) is 5.95 Å². The van der Waals surface area contributed by atoms with Crippen LogP contribution in [0.1, 0.15) is 0 Å². The molecule has 0 unspecified atom stereocenters. The number of aromatic nitrogens is 3. The molecule has 76 valence electrons. The molecule has 3 N–H and O–H groups in total. The molecule has 8 heteroatoms. The van der Waals surface area contributed by atoms with Crippen molar-refractivity contribution in [3.63, 3.8) is 0 Å². The van der Waals surface area contributed by atoms with Gasteiger partial charge < -0.3 is 5.73 Å². The van der Waals surface area contributed by atoms with Gasteiger partial charge in [0.2, 0.25) is 11.1 Å². The van der Waals surface area contributed by atoms with E-state index in [0.717, 1.165) is 0 Å². The Kier molecular flexibility index (Phi) is 2.23. The summed E-state index contributed by atoms with van der Waals surface area (Å²) in [6.45, 7) is 0. The molecule has 0 fully saturated rings. The first kappa shape index (κ1) is 9.53. The van der Waals surface area contributed by atoms with Gasteiger partial charge >= 0.3 is 0 Å². The average molecular weight is 232 g/mol. The molecule has 0 aromatic carbocycles. The van der Waals surface area contributed by atoms with Crippen molar-refractivity contribution in [3.05, 3.63) is 11.5 Å². The molecule has 14 heavy (non-hydrogen) atoms. The van der Waals surface area contributed by atoms with Crippen LogP contribution in [0.2, 0.25) is 0 Å². The number of nitrogen functional groups attached to an aromatic ring is 1. The monoisotopic (exact) mass is 232 g/mol. The minimum absolute atomic E-state index is 0.103. The third-order valence-corrected chi connectivity index (χ3v) is 4.26. The topological polar surface area (TPSA) is 102 Å². The maximum absolute atomic E-state index is 11.1. The van der Waals surface area contributed by atoms with E-state index >= 15 is 0 Å². The SMILES string of the molecule is Nc1nc(S[C@@H]2C=CS(=O)(=O)C2)n[nH]1. The van der Waals surface area contributed by atoms with Gasteiger partial charge in [-0.1, -0.05) is 17.8 Å². The number of hydrogen-bond acceptors (Lipinski definition) is 6. The van der Waals surface area contributed by atoms with Gasteiger partial charge in [0.05, 0.1) is 5.75 Å². The summed E-state index contributed by atoms with van der Waals surface area (Å²) >= 11 is 1.27. The summed E-state index contributed by atoms with van der Waals surface area (Å²) in [5, 5.41) is 7.86. The minimum atomic E-state index is -3.01. The number of hydrogen-bond donors (Lipinski definition) is 2. The predicted octanol–water partition coefficient (Wildman–Crippen LogP) is -0.210. The highest BCUT2D eigenvalue weighted by molar-refractivity contribution is 8.02. The summed E-state index contributed by atoms with van der Waals surface area (Å²) in [7, 11) is -3.01. The Morgan fingerprint density at radius 3 is 2.93 bits per heavy atom. The zero-order valence-electron chi connectivity index (χ0n) is 7.04. The van der Waals surface area contributed by atoms with Crippen molar-refractivity contribution in [2.45, 2.75) is 10.4 Å². The van der Waals surface area contributed by atoms with E-state index < -0.39 is 9.84 Å². The Hall–Kier alpha value is -1.02. The van der Waals surface area contributed by atoms with Crippen molar-refractivity contribution in [1.29, 1.82) is 0 Å². The number of nitrogens with zero attached hydrogens (tertiary/aromatic N) is 2. The molecule has 0 bridgehead atoms. The molecule has 1 aromatic heterocycles. The Morgan fingerprint density at radius 1 is 1.64 bits per heavy atom. The number of nitrogens with two attached hydrogens (primary N) is 1. The summed E-state index contributed by atoms with van der Waals surface area (Å²) in [4.78, 5) is 3.87. The van der Waals surface area contributed by atoms with Crippen molar-refractivity contribution in [2.75, 3.05) is 11.5 Å². The van der Waals surface area contributed by atoms with E-state index in [1.807, 2.05) is 0 Å². The maximum Gasteiger partial charge on any atom is 0.216 e. The molecule has 0 saturated heterocycles. The quantitative estimate of drug-likeness (QED) is 0.731. The normalized spacial score (nSPS) is 24.1. The van der Waals surface area contributed by atoms with Gasteiger partial charge in [0.15, 0.2) is 9.84 Å². The highest BCUT2D eigenvalue weighted by atomic mass is 32.2. The van der Waals surface area contributed by atoms with Crippen molar-refractivity contribution in [3.8, 4) is 0 Å². The first-order chi connectivity index (χ1) is 6.55. The van der Waals surface area contributed by atoms with Crippen LogP contribution in [0.3, 0.4) is 0 Å². The lowest BCUT2D eigenvalue weighted by Gasteiger charge is -2.00. The lowest BCUT2D eigenvalue weighted by Crippen LogP contribution is -2.07. The Morgan fingerprint density at radius 2 is 2.43 bits per heavy atom. The number of anilines is 1. The van der Waals surface area contributed by atoms with Gasteiger partial charge in [-0.05, 0) is 0 Å². The molecule has 1 aromatic rings. The second-order valence-electron chi connectivity index (χ2n) is 2.82. The fourth-order valence-electron chi connectivity index (χ4n) is 1.07. The van der Waals surface area contributed by atoms with Crippen LogP contribution < -0.4 is 5.73 Å². The first-order valence-electron chi connectivity index (χ1n) is 3.81. The van der Waals surface area contributed by atoms with E-state index in [-0.39, 0.29) is 17.0 Å². The van der Waals surface area contributed by atoms with Crippen molar-refractivity contribution < 1.29 is 8.42 Å². The highest BCUT2D eigenvalue weighted by Crippen LogP contribution is 2.26. The molecule has 0 aliphatic carbocycles. The summed E-state index contributed by atoms with van der Waals surface area (Å²) in [5.41, 5.74) is 5.33. The van der Waals surface area contributed by atoms with E-state index in [1.54, 1.807) is 6.08 Å². The molecule has 0 amide bonds. The summed E-state index contributed by atoms with van der Waals surface area (Å²) in [5.74, 6) is 0.337. The van der Waals surface area contributed by atoms with Crippen molar-refractivity contribution >= 4 is 27.5 Å². The molecule has 2 rings (SSSR count). The molecule has 2 heterocycles. The predicted molar refractivity (Wildman–Crippen MR) is 53.4 cm³/mol. The molecule has 0 radical (unpaired) electrons. The first-order valence-corrected chi connectivity index (χ1v) is 6.40. The zero-order chi connectivity index (χ0) is 10.2. The third-order valence-electron chi connectivity index (χ3n) is 1.64. The van der Waals surface area contributed by atoms with E-state index in [4.69, 9.17) is 5.73 Å². The number of thioether (sulfide) groups is 1. The van der Waals surface area contributed by atoms with Gasteiger partial charge in [0.25, 0.3) is 0 Å². The molecule has 6 nitrogen and oxygen atoms in total. The molecule has 0 spiro atoms. The lowest BCUT2D eigenvalue weighted by atomic mass is 10.5. The Labute approximate surface area is 84.9 Å². The fourth-order valence-corrected chi connectivity index (χ4v) is 3.79. The van der Waals surface area contributed by atoms with E-state index in [9.17, 15) is 8.42 Å². The van der Waals surface area contributed by atoms with Gasteiger partial charge in [0, 0.05) is 10.7 Å². The lowest BCUT2D eigenvalue weighted by molar-refractivity contribution is 0.606. The highest BCUT2D eigenvalue weighted by Gasteiger charge is 2.23. The molecule has 1 aliphatic heterocycles. The summed E-state index contributed by atoms with van der Waals surface area (Å²) < 4.78 is 22.1. The fraction of sp³-hybridized carbons (Fsp3) is 0.333. The van der Waals surface area contributed by atoms with Gasteiger partial charge in [0.1, 0.15) is 0 Å². The van der Waals surface area contributed by atoms with Crippen LogP contribution in [0.5, 0.6) is 0 Å². The third kappa shape index (κ3) is 2.07. The molecule has 0 saturated carbocycles. The number of sulfone groups is 1. The molecule has 1 aliphatic rings. The molecular formula is C6H8N4O2S2. The summed E-state index contributed by atoms with van der Waals surface area (Å²) in [6.07, 6.45) is 1.63. The zero-order valence-corrected chi connectivity index (χ0v) is 8.68. The smallest absolute Gasteiger partial charge is 0.216 e. The molecule has 1 atom stereocenters. The van der Waals surface area contributed by atoms with Crippen molar-refractivity contribution in [1.82, 2.24) is 15.2 Å². The van der Waals surface area contributed by atoms with Crippen molar-refractivity contribution in [2.24, 2.45) is 0 Å². The Bertz CT molecular complexity index is 464. The minimum Gasteiger partial charge on any atom is -0.368 e. The largest absolute Gasteiger partial charge is 0.368 e. The van der Waals surface area contributed by atoms with Crippen LogP contribution >= 0.6 is 11.8 Å². The van der Waals surface area contributed by atoms with Gasteiger partial charge in [-0.2, -0.15) is 4.98 Å². The van der Waals surface area contributed by atoms with E-state index in [0.29, 0.717) is 5.16 Å². The molecular weight excluding hydrogens is 224 g/mol. The van der Waals surface area contributed by atoms with Crippen LogP contribution in [0.15, 0.2) is 16.6 Å². The summed E-state index contributed by atoms with van der Waals surface area (Å²) in [6, 6.07) is 0. The Balaban J connectivity index is 2.05. The van der Waals surface area contributed by atoms with Gasteiger partial charge in [-0.15, -0.1) is 5.10 Å². The standard InChI is InChI=1S/C6H8N4O2S2/c7-5-8-6(10-9-5)13-4-1-2-14(11,12)3-4/h1-2,4H,3H2,(H3,7,8,9,10)/t4-/m1/s1. The maximum atomic E-state index is 11.1. The van der Waals surface area contributed by atoms with Gasteiger partial charge in [-0.25, -0.2) is 13.5 Å². The number of nitrogens with one attached hydrogen (secondary N) is 1. The number of rotatable bonds is 2. The number of aromatic amines is 1. The van der Waals surface area contributed by atoms with Crippen LogP contribution in [-0.2, 0) is 9.84 Å². The van der Waals surface area contributed by atoms with Crippen LogP contribution in [0.25, 0.3) is 0 Å². The van der Waals surface area contributed by atoms with Crippen LogP contribution in [0, 0.1) is 0 Å². The van der Waals surface area contributed by atoms with Gasteiger partial charge in [-0.3, -0.25) is 0 Å². The van der Waals surface area contributed by atoms with Crippen LogP contribution in [-0.4, -0.2) is 34.6 Å². The van der Waals surface area contributed by atoms with E-state index in [1.165, 1.54) is 17.2 Å². The average Bonchev–Trinajstić information content (AvgIpc) is 2.59. The second kappa shape index (κ2) is 3.28.